The van der Waals surface area contributed by atoms with E-state index in [0.29, 0.717) is 0 Å². The maximum absolute atomic E-state index is 14.0. The Morgan fingerprint density at radius 1 is 1.00 bits per heavy atom. The maximum Gasteiger partial charge on any atom is 0.356 e. The number of rotatable bonds is 8. The highest BCUT2D eigenvalue weighted by Crippen LogP contribution is 2.37. The Balaban J connectivity index is 1.59. The van der Waals surface area contributed by atoms with Crippen molar-refractivity contribution >= 4 is 27.6 Å². The van der Waals surface area contributed by atoms with Gasteiger partial charge in [-0.15, -0.1) is 0 Å². The molecule has 5 rings (SSSR count). The Hall–Kier alpha value is -4.66. The monoisotopic (exact) mass is 598 g/mol. The summed E-state index contributed by atoms with van der Waals surface area (Å²) in [7, 11) is -4.23. The second-order valence-corrected chi connectivity index (χ2v) is 11.1. The first-order valence-corrected chi connectivity index (χ1v) is 14.0. The van der Waals surface area contributed by atoms with E-state index in [1.165, 1.54) is 59.8 Å². The van der Waals surface area contributed by atoms with Crippen LogP contribution in [0.2, 0.25) is 0 Å². The topological polar surface area (TPSA) is 140 Å². The summed E-state index contributed by atoms with van der Waals surface area (Å²) in [4.78, 5) is 24.3. The SMILES string of the molecule is Cc1c(C(=O)O)nn(-c2cccc(F)c2)c1Oc1ccc(NC(=O)c2ccc(F)cc2)cc1S(=O)(=O)N1CCOCC1. The molecule has 1 amide bonds. The molecule has 4 aromatic rings. The van der Waals surface area contributed by atoms with E-state index in [1.807, 2.05) is 0 Å². The standard InChI is InChI=1S/C28H24F2N4O7S/c1-17-25(28(36)37)32-34(22-4-2-3-20(30)15-22)27(17)41-23-10-9-21(31-26(35)18-5-7-19(29)8-6-18)16-24(23)42(38,39)33-11-13-40-14-12-33/h2-10,15-16H,11-14H2,1H3,(H,31,35)(H,36,37). The third-order valence-electron chi connectivity index (χ3n) is 6.43. The normalized spacial score (nSPS) is 14.0. The minimum Gasteiger partial charge on any atom is -0.476 e. The molecule has 2 heterocycles. The zero-order valence-electron chi connectivity index (χ0n) is 22.1. The van der Waals surface area contributed by atoms with E-state index >= 15 is 0 Å². The van der Waals surface area contributed by atoms with Gasteiger partial charge in [0.15, 0.2) is 5.69 Å². The van der Waals surface area contributed by atoms with Crippen molar-refractivity contribution in [1.82, 2.24) is 14.1 Å². The molecule has 0 aliphatic carbocycles. The number of carboxylic acid groups (broad SMARTS) is 1. The second kappa shape index (κ2) is 11.7. The number of aromatic nitrogens is 2. The highest BCUT2D eigenvalue weighted by Gasteiger charge is 2.31. The summed E-state index contributed by atoms with van der Waals surface area (Å²) in [6.07, 6.45) is 0. The van der Waals surface area contributed by atoms with Crippen LogP contribution >= 0.6 is 0 Å². The number of carbonyl (C=O) groups is 2. The number of halogens is 2. The Kier molecular flexibility index (Phi) is 8.02. The third kappa shape index (κ3) is 5.86. The highest BCUT2D eigenvalue weighted by molar-refractivity contribution is 7.89. The first-order chi connectivity index (χ1) is 20.0. The third-order valence-corrected chi connectivity index (χ3v) is 8.35. The van der Waals surface area contributed by atoms with Crippen molar-refractivity contribution < 1.29 is 41.4 Å². The number of amides is 1. The van der Waals surface area contributed by atoms with Crippen LogP contribution in [0.25, 0.3) is 5.69 Å². The summed E-state index contributed by atoms with van der Waals surface area (Å²) in [5.41, 5.74) is 0.0711. The van der Waals surface area contributed by atoms with Gasteiger partial charge in [-0.2, -0.15) is 14.1 Å². The molecule has 1 saturated heterocycles. The molecule has 42 heavy (non-hydrogen) atoms. The quantitative estimate of drug-likeness (QED) is 0.307. The summed E-state index contributed by atoms with van der Waals surface area (Å²) in [5.74, 6) is -3.46. The number of nitrogens with zero attached hydrogens (tertiary/aromatic N) is 3. The summed E-state index contributed by atoms with van der Waals surface area (Å²) < 4.78 is 68.6. The average molecular weight is 599 g/mol. The first-order valence-electron chi connectivity index (χ1n) is 12.6. The highest BCUT2D eigenvalue weighted by atomic mass is 32.2. The molecule has 11 nitrogen and oxygen atoms in total. The van der Waals surface area contributed by atoms with Gasteiger partial charge in [0.2, 0.25) is 15.9 Å². The van der Waals surface area contributed by atoms with E-state index in [9.17, 15) is 31.9 Å². The molecule has 3 aromatic carbocycles. The summed E-state index contributed by atoms with van der Waals surface area (Å²) >= 11 is 0. The number of nitrogens with one attached hydrogen (secondary N) is 1. The number of morpholine rings is 1. The van der Waals surface area contributed by atoms with Crippen LogP contribution in [0.5, 0.6) is 11.6 Å². The molecule has 0 saturated carbocycles. The van der Waals surface area contributed by atoms with E-state index in [-0.39, 0.29) is 71.0 Å². The molecule has 2 N–H and O–H groups in total. The van der Waals surface area contributed by atoms with Crippen molar-refractivity contribution in [3.8, 4) is 17.3 Å². The van der Waals surface area contributed by atoms with Crippen LogP contribution in [0.4, 0.5) is 14.5 Å². The molecular formula is C28H24F2N4O7S. The molecule has 1 aliphatic heterocycles. The number of sulfonamides is 1. The molecule has 0 spiro atoms. The van der Waals surface area contributed by atoms with Gasteiger partial charge in [0, 0.05) is 29.9 Å². The fraction of sp³-hybridized carbons (Fsp3) is 0.179. The van der Waals surface area contributed by atoms with E-state index in [1.54, 1.807) is 0 Å². The van der Waals surface area contributed by atoms with E-state index in [4.69, 9.17) is 9.47 Å². The van der Waals surface area contributed by atoms with Crippen molar-refractivity contribution in [2.75, 3.05) is 31.6 Å². The largest absolute Gasteiger partial charge is 0.476 e. The summed E-state index contributed by atoms with van der Waals surface area (Å²) in [5, 5.41) is 16.3. The molecule has 0 unspecified atom stereocenters. The Morgan fingerprint density at radius 2 is 1.71 bits per heavy atom. The van der Waals surface area contributed by atoms with Gasteiger partial charge >= 0.3 is 5.97 Å². The number of anilines is 1. The van der Waals surface area contributed by atoms with Crippen LogP contribution in [0.3, 0.4) is 0 Å². The smallest absolute Gasteiger partial charge is 0.356 e. The lowest BCUT2D eigenvalue weighted by Gasteiger charge is -2.27. The lowest BCUT2D eigenvalue weighted by Crippen LogP contribution is -2.40. The maximum atomic E-state index is 14.0. The average Bonchev–Trinajstić information content (AvgIpc) is 3.30. The van der Waals surface area contributed by atoms with E-state index in [0.717, 1.165) is 22.9 Å². The van der Waals surface area contributed by atoms with Gasteiger partial charge in [-0.25, -0.2) is 22.0 Å². The van der Waals surface area contributed by atoms with Gasteiger partial charge in [0.1, 0.15) is 22.3 Å². The number of aromatic carboxylic acids is 1. The van der Waals surface area contributed by atoms with Gasteiger partial charge in [-0.05, 0) is 67.6 Å². The Morgan fingerprint density at radius 3 is 2.38 bits per heavy atom. The van der Waals surface area contributed by atoms with E-state index in [2.05, 4.69) is 10.4 Å². The number of carboxylic acids is 1. The predicted octanol–water partition coefficient (Wildman–Crippen LogP) is 4.22. The van der Waals surface area contributed by atoms with Crippen molar-refractivity contribution in [3.05, 3.63) is 95.2 Å². The fourth-order valence-electron chi connectivity index (χ4n) is 4.29. The molecule has 0 atom stereocenters. The van der Waals surface area contributed by atoms with Crippen LogP contribution in [-0.4, -0.2) is 65.8 Å². The van der Waals surface area contributed by atoms with Crippen LogP contribution in [0.15, 0.2) is 71.6 Å². The summed E-state index contributed by atoms with van der Waals surface area (Å²) in [6, 6.07) is 13.9. The first kappa shape index (κ1) is 28.9. The van der Waals surface area contributed by atoms with Crippen molar-refractivity contribution in [2.24, 2.45) is 0 Å². The van der Waals surface area contributed by atoms with Gasteiger partial charge in [-0.3, -0.25) is 4.79 Å². The molecular weight excluding hydrogens is 574 g/mol. The van der Waals surface area contributed by atoms with Crippen LogP contribution in [0, 0.1) is 18.6 Å². The van der Waals surface area contributed by atoms with Gasteiger partial charge in [0.25, 0.3) is 5.91 Å². The van der Waals surface area contributed by atoms with Crippen LogP contribution < -0.4 is 10.1 Å². The van der Waals surface area contributed by atoms with Gasteiger partial charge in [-0.1, -0.05) is 6.07 Å². The molecule has 1 fully saturated rings. The van der Waals surface area contributed by atoms with Crippen molar-refractivity contribution in [2.45, 2.75) is 11.8 Å². The number of carbonyl (C=O) groups excluding carboxylic acids is 1. The fourth-order valence-corrected chi connectivity index (χ4v) is 5.84. The predicted molar refractivity (Wildman–Crippen MR) is 146 cm³/mol. The van der Waals surface area contributed by atoms with Gasteiger partial charge in [0.05, 0.1) is 18.9 Å². The zero-order chi connectivity index (χ0) is 30.0. The molecule has 218 valence electrons. The summed E-state index contributed by atoms with van der Waals surface area (Å²) in [6.45, 7) is 1.90. The number of benzene rings is 3. The Bertz CT molecular complexity index is 1770. The zero-order valence-corrected chi connectivity index (χ0v) is 22.9. The molecule has 0 radical (unpaired) electrons. The molecule has 14 heteroatoms. The number of ether oxygens (including phenoxy) is 2. The Labute approximate surface area is 239 Å². The lowest BCUT2D eigenvalue weighted by atomic mass is 10.2. The molecule has 1 aromatic heterocycles. The van der Waals surface area contributed by atoms with Crippen LogP contribution in [-0.2, 0) is 14.8 Å². The number of hydrogen-bond acceptors (Lipinski definition) is 7. The van der Waals surface area contributed by atoms with Crippen molar-refractivity contribution in [3.63, 3.8) is 0 Å². The van der Waals surface area contributed by atoms with Crippen LogP contribution in [0.1, 0.15) is 26.4 Å². The minimum atomic E-state index is -4.23. The molecule has 0 bridgehead atoms. The lowest BCUT2D eigenvalue weighted by molar-refractivity contribution is 0.0689. The minimum absolute atomic E-state index is 0.0650. The van der Waals surface area contributed by atoms with Crippen molar-refractivity contribution in [1.29, 1.82) is 0 Å². The second-order valence-electron chi connectivity index (χ2n) is 9.22. The molecule has 1 aliphatic rings. The van der Waals surface area contributed by atoms with Gasteiger partial charge < -0.3 is 19.9 Å². The van der Waals surface area contributed by atoms with E-state index < -0.39 is 33.5 Å². The number of hydrogen-bond donors (Lipinski definition) is 2.